The summed E-state index contributed by atoms with van der Waals surface area (Å²) in [7, 11) is 0. The first-order valence-electron chi connectivity index (χ1n) is 15.5. The van der Waals surface area contributed by atoms with Gasteiger partial charge in [-0.2, -0.15) is 0 Å². The number of guanidine groups is 1. The maximum atomic E-state index is 14.0. The van der Waals surface area contributed by atoms with E-state index in [0.29, 0.717) is 19.3 Å². The quantitative estimate of drug-likeness (QED) is 0.0672. The van der Waals surface area contributed by atoms with Gasteiger partial charge in [-0.1, -0.05) is 19.8 Å². The third-order valence-electron chi connectivity index (χ3n) is 9.18. The van der Waals surface area contributed by atoms with Crippen molar-refractivity contribution in [2.75, 3.05) is 26.2 Å². The first kappa shape index (κ1) is 33.3. The Morgan fingerprint density at radius 1 is 0.886 bits per heavy atom. The molecule has 4 fully saturated rings. The Kier molecular flexibility index (Phi) is 10.9. The Morgan fingerprint density at radius 2 is 1.61 bits per heavy atom. The molecule has 0 radical (unpaired) electrons. The van der Waals surface area contributed by atoms with Gasteiger partial charge in [0.05, 0.1) is 30.2 Å². The highest BCUT2D eigenvalue weighted by Gasteiger charge is 2.50. The molecule has 0 spiro atoms. The minimum atomic E-state index is -1.02. The van der Waals surface area contributed by atoms with Gasteiger partial charge in [-0.05, 0) is 39.0 Å². The molecular weight excluding hydrogens is 572 g/mol. The summed E-state index contributed by atoms with van der Waals surface area (Å²) in [6, 6.07) is -6.22. The Hall–Kier alpha value is -3.63. The van der Waals surface area contributed by atoms with Gasteiger partial charge in [0.15, 0.2) is 17.5 Å². The fourth-order valence-corrected chi connectivity index (χ4v) is 6.73. The molecule has 16 nitrogen and oxygen atoms in total. The zero-order valence-corrected chi connectivity index (χ0v) is 25.4. The number of carbonyl (C=O) groups excluding carboxylic acids is 6. The molecule has 0 aromatic rings. The standard InChI is InChI=1S/C28H46N10O6/c1-3-4-6-15-26(43)34-16(11-33-15)22(39)19-8-9-20(23(40)17-12-37(19)14(2)25(42)35-17)38-13-18(24(29)41)36-27(44)21(38)7-5-10-32-28(30)31/h14-21,33H,3-13H2,1-2H3,(H2,29,41)(H,34,43)(H,35,42)(H,36,44)(H4,30,31,32)/t14-,15-,16+,17+,18+,19?,20?,21-/m0/s1. The summed E-state index contributed by atoms with van der Waals surface area (Å²) in [6.45, 7) is 4.35. The van der Waals surface area contributed by atoms with Gasteiger partial charge in [0.1, 0.15) is 18.1 Å². The number of Topliss-reactive ketones (excluding diaryl/α,β-unsaturated/α-hetero) is 2. The van der Waals surface area contributed by atoms with Crippen molar-refractivity contribution in [1.82, 2.24) is 31.1 Å². The van der Waals surface area contributed by atoms with Gasteiger partial charge < -0.3 is 38.5 Å². The number of primary amides is 1. The Bertz CT molecular complexity index is 1180. The lowest BCUT2D eigenvalue weighted by Crippen LogP contribution is -2.72. The van der Waals surface area contributed by atoms with E-state index in [9.17, 15) is 28.8 Å². The van der Waals surface area contributed by atoms with Gasteiger partial charge in [-0.25, -0.2) is 0 Å². The summed E-state index contributed by atoms with van der Waals surface area (Å²) in [5.41, 5.74) is 16.4. The summed E-state index contributed by atoms with van der Waals surface area (Å²) >= 11 is 0. The van der Waals surface area contributed by atoms with Gasteiger partial charge in [-0.3, -0.25) is 43.6 Å². The smallest absolute Gasteiger partial charge is 0.241 e. The summed E-state index contributed by atoms with van der Waals surface area (Å²) in [6.07, 6.45) is 3.59. The molecule has 4 aliphatic heterocycles. The normalized spacial score (nSPS) is 34.5. The fourth-order valence-electron chi connectivity index (χ4n) is 6.73. The summed E-state index contributed by atoms with van der Waals surface area (Å²) in [5, 5.41) is 11.5. The van der Waals surface area contributed by atoms with Crippen LogP contribution in [0, 0.1) is 0 Å². The van der Waals surface area contributed by atoms with Crippen LogP contribution >= 0.6 is 0 Å². The first-order valence-corrected chi connectivity index (χ1v) is 15.5. The molecule has 0 saturated carbocycles. The summed E-state index contributed by atoms with van der Waals surface area (Å²) in [5.74, 6) is -2.44. The van der Waals surface area contributed by atoms with Crippen molar-refractivity contribution < 1.29 is 28.8 Å². The van der Waals surface area contributed by atoms with Crippen LogP contribution < -0.4 is 38.5 Å². The number of rotatable bonds is 11. The van der Waals surface area contributed by atoms with E-state index in [1.807, 2.05) is 6.92 Å². The molecule has 2 bridgehead atoms. The number of nitrogens with two attached hydrogens (primary N) is 3. The van der Waals surface area contributed by atoms with E-state index < -0.39 is 60.0 Å². The van der Waals surface area contributed by atoms with Crippen LogP contribution in [0.15, 0.2) is 4.99 Å². The van der Waals surface area contributed by atoms with Gasteiger partial charge in [0, 0.05) is 26.2 Å². The largest absolute Gasteiger partial charge is 0.370 e. The van der Waals surface area contributed by atoms with Crippen LogP contribution in [-0.2, 0) is 28.8 Å². The summed E-state index contributed by atoms with van der Waals surface area (Å²) < 4.78 is 0. The Morgan fingerprint density at radius 3 is 2.27 bits per heavy atom. The number of nitrogens with one attached hydrogen (secondary N) is 4. The molecule has 0 aromatic heterocycles. The van der Waals surface area contributed by atoms with E-state index in [1.54, 1.807) is 16.7 Å². The van der Waals surface area contributed by atoms with Crippen molar-refractivity contribution in [1.29, 1.82) is 0 Å². The van der Waals surface area contributed by atoms with Crippen LogP contribution in [0.3, 0.4) is 0 Å². The second-order valence-electron chi connectivity index (χ2n) is 12.1. The molecule has 4 saturated heterocycles. The molecule has 9 atom stereocenters. The number of carbonyl (C=O) groups is 6. The molecule has 44 heavy (non-hydrogen) atoms. The SMILES string of the molecule is CCCC[C@@H]1NC[C@H](C(=O)C2CCC(N3C[C@H](C(N)=O)NC(=O)[C@@H]3CCCN=C(N)N)C(=O)[C@H]3CN2[C@@H](C)C(=O)N3)NC1=O. The molecule has 4 aliphatic rings. The van der Waals surface area contributed by atoms with Gasteiger partial charge >= 0.3 is 0 Å². The lowest BCUT2D eigenvalue weighted by Gasteiger charge is -2.48. The topological polar surface area (TPSA) is 247 Å². The van der Waals surface area contributed by atoms with E-state index in [1.165, 1.54) is 0 Å². The lowest BCUT2D eigenvalue weighted by molar-refractivity contribution is -0.149. The number of unbranched alkanes of at least 4 members (excludes halogenated alkanes) is 1. The number of piperazine rings is 3. The molecule has 10 N–H and O–H groups in total. The minimum absolute atomic E-state index is 0.00834. The Labute approximate surface area is 256 Å². The van der Waals surface area contributed by atoms with Crippen LogP contribution in [0.1, 0.15) is 58.8 Å². The molecule has 4 heterocycles. The average molecular weight is 619 g/mol. The minimum Gasteiger partial charge on any atom is -0.370 e. The molecule has 0 aliphatic carbocycles. The Balaban J connectivity index is 1.59. The van der Waals surface area contributed by atoms with Crippen molar-refractivity contribution in [3.8, 4) is 0 Å². The number of hydrogen-bond acceptors (Lipinski definition) is 10. The molecule has 3 unspecified atom stereocenters. The number of hydrogen-bond donors (Lipinski definition) is 7. The van der Waals surface area contributed by atoms with Gasteiger partial charge in [0.2, 0.25) is 23.6 Å². The maximum Gasteiger partial charge on any atom is 0.241 e. The van der Waals surface area contributed by atoms with Crippen molar-refractivity contribution in [2.24, 2.45) is 22.2 Å². The zero-order chi connectivity index (χ0) is 32.1. The van der Waals surface area contributed by atoms with Crippen LogP contribution in [0.4, 0.5) is 0 Å². The lowest BCUT2D eigenvalue weighted by atomic mass is 9.85. The van der Waals surface area contributed by atoms with E-state index in [0.717, 1.165) is 12.8 Å². The van der Waals surface area contributed by atoms with Gasteiger partial charge in [-0.15, -0.1) is 0 Å². The number of nitrogens with zero attached hydrogens (tertiary/aromatic N) is 3. The van der Waals surface area contributed by atoms with Crippen molar-refractivity contribution >= 4 is 41.2 Å². The third kappa shape index (κ3) is 7.35. The fraction of sp³-hybridized carbons (Fsp3) is 0.750. The van der Waals surface area contributed by atoms with Gasteiger partial charge in [0.25, 0.3) is 0 Å². The van der Waals surface area contributed by atoms with Crippen LogP contribution in [0.25, 0.3) is 0 Å². The average Bonchev–Trinajstić information content (AvgIpc) is 2.97. The molecule has 16 heteroatoms. The molecule has 4 amide bonds. The van der Waals surface area contributed by atoms with Crippen LogP contribution in [0.5, 0.6) is 0 Å². The number of ketones is 2. The zero-order valence-electron chi connectivity index (χ0n) is 25.4. The molecule has 4 rings (SSSR count). The van der Waals surface area contributed by atoms with Crippen molar-refractivity contribution in [3.05, 3.63) is 0 Å². The predicted octanol–water partition coefficient (Wildman–Crippen LogP) is -3.80. The number of amides is 4. The number of aliphatic imine (C=N–C) groups is 1. The highest BCUT2D eigenvalue weighted by Crippen LogP contribution is 2.28. The third-order valence-corrected chi connectivity index (χ3v) is 9.18. The second-order valence-corrected chi connectivity index (χ2v) is 12.1. The highest BCUT2D eigenvalue weighted by molar-refractivity contribution is 5.99. The van der Waals surface area contributed by atoms with E-state index in [2.05, 4.69) is 26.3 Å². The summed E-state index contributed by atoms with van der Waals surface area (Å²) in [4.78, 5) is 86.6. The molecular formula is C28H46N10O6. The van der Waals surface area contributed by atoms with Crippen molar-refractivity contribution in [3.63, 3.8) is 0 Å². The van der Waals surface area contributed by atoms with Crippen molar-refractivity contribution in [2.45, 2.75) is 107 Å². The molecule has 0 aromatic carbocycles. The van der Waals surface area contributed by atoms with E-state index >= 15 is 0 Å². The maximum absolute atomic E-state index is 14.0. The highest BCUT2D eigenvalue weighted by atomic mass is 16.2. The van der Waals surface area contributed by atoms with E-state index in [-0.39, 0.29) is 68.5 Å². The number of fused-ring (bicyclic) bond motifs is 2. The predicted molar refractivity (Wildman–Crippen MR) is 160 cm³/mol. The molecule has 244 valence electrons. The first-order chi connectivity index (χ1) is 20.9. The van der Waals surface area contributed by atoms with Crippen LogP contribution in [-0.4, -0.2) is 125 Å². The second kappa shape index (κ2) is 14.4. The monoisotopic (exact) mass is 618 g/mol. The van der Waals surface area contributed by atoms with Crippen LogP contribution in [0.2, 0.25) is 0 Å². The van der Waals surface area contributed by atoms with E-state index in [4.69, 9.17) is 17.2 Å².